The van der Waals surface area contributed by atoms with E-state index in [9.17, 15) is 0 Å². The van der Waals surface area contributed by atoms with Gasteiger partial charge in [-0.2, -0.15) is 0 Å². The molecule has 0 amide bonds. The van der Waals surface area contributed by atoms with Crippen molar-refractivity contribution in [3.63, 3.8) is 0 Å². The standard InChI is InChI=1S/C14H20BrClN2/c1-2-7-18(11-4-5-11)14(9-17)12-8-10(15)3-6-13(12)16/h3,6,8,11,14H,2,4-5,7,9,17H2,1H3. The summed E-state index contributed by atoms with van der Waals surface area (Å²) in [7, 11) is 0. The second kappa shape index (κ2) is 6.38. The van der Waals surface area contributed by atoms with Crippen molar-refractivity contribution >= 4 is 27.5 Å². The highest BCUT2D eigenvalue weighted by Gasteiger charge is 2.34. The fraction of sp³-hybridized carbons (Fsp3) is 0.571. The molecule has 1 saturated carbocycles. The Morgan fingerprint density at radius 2 is 2.22 bits per heavy atom. The third-order valence-corrected chi connectivity index (χ3v) is 4.28. The van der Waals surface area contributed by atoms with Crippen LogP contribution in [0.15, 0.2) is 22.7 Å². The number of hydrogen-bond acceptors (Lipinski definition) is 2. The van der Waals surface area contributed by atoms with Crippen LogP contribution < -0.4 is 5.73 Å². The molecule has 1 fully saturated rings. The van der Waals surface area contributed by atoms with Crippen molar-refractivity contribution in [3.05, 3.63) is 33.3 Å². The Labute approximate surface area is 123 Å². The zero-order valence-corrected chi connectivity index (χ0v) is 13.0. The van der Waals surface area contributed by atoms with Gasteiger partial charge in [0.05, 0.1) is 0 Å². The van der Waals surface area contributed by atoms with Gasteiger partial charge in [0.25, 0.3) is 0 Å². The Morgan fingerprint density at radius 3 is 2.78 bits per heavy atom. The molecule has 18 heavy (non-hydrogen) atoms. The van der Waals surface area contributed by atoms with E-state index in [1.54, 1.807) is 0 Å². The normalized spacial score (nSPS) is 17.2. The maximum Gasteiger partial charge on any atom is 0.0488 e. The summed E-state index contributed by atoms with van der Waals surface area (Å²) in [5.74, 6) is 0. The highest BCUT2D eigenvalue weighted by atomic mass is 79.9. The molecule has 100 valence electrons. The van der Waals surface area contributed by atoms with Gasteiger partial charge in [0.15, 0.2) is 0 Å². The molecule has 4 heteroatoms. The Hall–Kier alpha value is -0.0900. The molecular formula is C14H20BrClN2. The third-order valence-electron chi connectivity index (χ3n) is 3.44. The topological polar surface area (TPSA) is 29.3 Å². The lowest BCUT2D eigenvalue weighted by molar-refractivity contribution is 0.191. The molecular weight excluding hydrogens is 312 g/mol. The van der Waals surface area contributed by atoms with E-state index in [2.05, 4.69) is 33.8 Å². The van der Waals surface area contributed by atoms with E-state index in [1.165, 1.54) is 12.8 Å². The van der Waals surface area contributed by atoms with Crippen molar-refractivity contribution in [1.82, 2.24) is 4.90 Å². The van der Waals surface area contributed by atoms with Gasteiger partial charge < -0.3 is 5.73 Å². The average Bonchev–Trinajstić information content (AvgIpc) is 3.17. The summed E-state index contributed by atoms with van der Waals surface area (Å²) in [6.07, 6.45) is 3.74. The van der Waals surface area contributed by atoms with Crippen molar-refractivity contribution in [2.75, 3.05) is 13.1 Å². The number of benzene rings is 1. The smallest absolute Gasteiger partial charge is 0.0488 e. The monoisotopic (exact) mass is 330 g/mol. The molecule has 1 aliphatic rings. The molecule has 1 aromatic carbocycles. The van der Waals surface area contributed by atoms with Gasteiger partial charge in [-0.1, -0.05) is 34.5 Å². The van der Waals surface area contributed by atoms with Gasteiger partial charge in [-0.15, -0.1) is 0 Å². The minimum Gasteiger partial charge on any atom is -0.329 e. The van der Waals surface area contributed by atoms with Crippen molar-refractivity contribution < 1.29 is 0 Å². The Bertz CT molecular complexity index is 407. The minimum absolute atomic E-state index is 0.238. The molecule has 0 bridgehead atoms. The van der Waals surface area contributed by atoms with E-state index >= 15 is 0 Å². The van der Waals surface area contributed by atoms with Crippen LogP contribution in [0.4, 0.5) is 0 Å². The molecule has 1 unspecified atom stereocenters. The van der Waals surface area contributed by atoms with Crippen LogP contribution in [0.2, 0.25) is 5.02 Å². The van der Waals surface area contributed by atoms with E-state index in [-0.39, 0.29) is 6.04 Å². The zero-order valence-electron chi connectivity index (χ0n) is 10.7. The fourth-order valence-corrected chi connectivity index (χ4v) is 3.09. The average molecular weight is 332 g/mol. The molecule has 2 nitrogen and oxygen atoms in total. The largest absolute Gasteiger partial charge is 0.329 e. The first-order chi connectivity index (χ1) is 8.67. The van der Waals surface area contributed by atoms with E-state index < -0.39 is 0 Å². The first kappa shape index (κ1) is 14.3. The molecule has 0 heterocycles. The van der Waals surface area contributed by atoms with Gasteiger partial charge in [-0.3, -0.25) is 4.90 Å². The number of nitrogens with zero attached hydrogens (tertiary/aromatic N) is 1. The lowest BCUT2D eigenvalue weighted by Gasteiger charge is -2.31. The quantitative estimate of drug-likeness (QED) is 0.854. The molecule has 0 aliphatic heterocycles. The second-order valence-corrected chi connectivity index (χ2v) is 6.21. The highest BCUT2D eigenvalue weighted by molar-refractivity contribution is 9.10. The predicted octanol–water partition coefficient (Wildman–Crippen LogP) is 3.98. The van der Waals surface area contributed by atoms with Crippen LogP contribution in [0.25, 0.3) is 0 Å². The van der Waals surface area contributed by atoms with Crippen molar-refractivity contribution in [2.24, 2.45) is 5.73 Å². The van der Waals surface area contributed by atoms with Crippen LogP contribution in [-0.2, 0) is 0 Å². The summed E-state index contributed by atoms with van der Waals surface area (Å²) < 4.78 is 1.06. The van der Waals surface area contributed by atoms with Crippen molar-refractivity contribution in [1.29, 1.82) is 0 Å². The first-order valence-electron chi connectivity index (χ1n) is 6.58. The lowest BCUT2D eigenvalue weighted by atomic mass is 10.0. The van der Waals surface area contributed by atoms with Gasteiger partial charge in [0.2, 0.25) is 0 Å². The zero-order chi connectivity index (χ0) is 13.1. The van der Waals surface area contributed by atoms with Gasteiger partial charge in [-0.25, -0.2) is 0 Å². The lowest BCUT2D eigenvalue weighted by Crippen LogP contribution is -2.36. The SMILES string of the molecule is CCCN(C1CC1)C(CN)c1cc(Br)ccc1Cl. The summed E-state index contributed by atoms with van der Waals surface area (Å²) in [5.41, 5.74) is 7.15. The molecule has 1 aromatic rings. The predicted molar refractivity (Wildman–Crippen MR) is 81.0 cm³/mol. The summed E-state index contributed by atoms with van der Waals surface area (Å²) in [6.45, 7) is 3.92. The Kier molecular flexibility index (Phi) is 5.07. The molecule has 0 saturated heterocycles. The summed E-state index contributed by atoms with van der Waals surface area (Å²) in [5, 5.41) is 0.815. The number of halogens is 2. The van der Waals surface area contributed by atoms with Gasteiger partial charge in [0.1, 0.15) is 0 Å². The van der Waals surface area contributed by atoms with E-state index in [4.69, 9.17) is 17.3 Å². The van der Waals surface area contributed by atoms with Gasteiger partial charge in [0, 0.05) is 28.1 Å². The van der Waals surface area contributed by atoms with E-state index in [0.717, 1.165) is 28.0 Å². The highest BCUT2D eigenvalue weighted by Crippen LogP contribution is 2.37. The van der Waals surface area contributed by atoms with Gasteiger partial charge in [-0.05, 0) is 49.6 Å². The van der Waals surface area contributed by atoms with E-state index in [1.807, 2.05) is 12.1 Å². The third kappa shape index (κ3) is 3.27. The fourth-order valence-electron chi connectivity index (χ4n) is 2.47. The molecule has 2 N–H and O–H groups in total. The number of nitrogens with two attached hydrogens (primary N) is 1. The van der Waals surface area contributed by atoms with Crippen LogP contribution in [0.1, 0.15) is 37.8 Å². The molecule has 0 aromatic heterocycles. The van der Waals surface area contributed by atoms with Crippen LogP contribution in [-0.4, -0.2) is 24.0 Å². The van der Waals surface area contributed by atoms with Crippen LogP contribution in [0.5, 0.6) is 0 Å². The number of hydrogen-bond donors (Lipinski definition) is 1. The maximum atomic E-state index is 6.34. The minimum atomic E-state index is 0.238. The van der Waals surface area contributed by atoms with Crippen molar-refractivity contribution in [3.8, 4) is 0 Å². The van der Waals surface area contributed by atoms with Gasteiger partial charge >= 0.3 is 0 Å². The van der Waals surface area contributed by atoms with E-state index in [0.29, 0.717) is 12.6 Å². The van der Waals surface area contributed by atoms with Crippen LogP contribution in [0, 0.1) is 0 Å². The molecule has 2 rings (SSSR count). The Balaban J connectivity index is 2.27. The maximum absolute atomic E-state index is 6.34. The molecule has 1 aliphatic carbocycles. The summed E-state index contributed by atoms with van der Waals surface area (Å²) >= 11 is 9.85. The molecule has 0 radical (unpaired) electrons. The van der Waals surface area contributed by atoms with Crippen molar-refractivity contribution in [2.45, 2.75) is 38.3 Å². The Morgan fingerprint density at radius 1 is 1.50 bits per heavy atom. The molecule has 0 spiro atoms. The second-order valence-electron chi connectivity index (χ2n) is 4.89. The summed E-state index contributed by atoms with van der Waals surface area (Å²) in [4.78, 5) is 2.52. The number of rotatable bonds is 6. The summed E-state index contributed by atoms with van der Waals surface area (Å²) in [6, 6.07) is 6.96. The first-order valence-corrected chi connectivity index (χ1v) is 7.75. The van der Waals surface area contributed by atoms with Crippen LogP contribution >= 0.6 is 27.5 Å². The van der Waals surface area contributed by atoms with Crippen LogP contribution in [0.3, 0.4) is 0 Å². The molecule has 1 atom stereocenters.